The normalized spacial score (nSPS) is 10.6. The molecular formula is C36H29Cl3N10. The van der Waals surface area contributed by atoms with Crippen LogP contribution in [0.5, 0.6) is 0 Å². The van der Waals surface area contributed by atoms with Gasteiger partial charge in [0.15, 0.2) is 0 Å². The Morgan fingerprint density at radius 3 is 1.61 bits per heavy atom. The van der Waals surface area contributed by atoms with Crippen molar-refractivity contribution in [1.82, 2.24) is 39.0 Å². The SMILES string of the molecule is Clc1cc(Cl)ncn1.Clc1cc(Nc2cccc(Cn3cnc4ccccc43)c2)ncn1.Nc1cccc(Cn2cnc3ccccc32)c1. The number of benzene rings is 4. The number of para-hydroxylation sites is 4. The number of hydrogen-bond acceptors (Lipinski definition) is 8. The molecule has 0 aliphatic rings. The van der Waals surface area contributed by atoms with Gasteiger partial charge in [0.2, 0.25) is 0 Å². The van der Waals surface area contributed by atoms with Crippen LogP contribution < -0.4 is 11.1 Å². The van der Waals surface area contributed by atoms with E-state index in [0.717, 1.165) is 46.5 Å². The Bertz CT molecular complexity index is 2290. The predicted molar refractivity (Wildman–Crippen MR) is 197 cm³/mol. The number of hydrogen-bond donors (Lipinski definition) is 2. The number of imidazole rings is 2. The number of nitrogens with zero attached hydrogens (tertiary/aromatic N) is 8. The van der Waals surface area contributed by atoms with Crippen LogP contribution in [0, 0.1) is 0 Å². The van der Waals surface area contributed by atoms with Crippen LogP contribution in [0.3, 0.4) is 0 Å². The smallest absolute Gasteiger partial charge is 0.135 e. The van der Waals surface area contributed by atoms with Crippen LogP contribution in [0.2, 0.25) is 15.5 Å². The van der Waals surface area contributed by atoms with Crippen molar-refractivity contribution >= 4 is 74.1 Å². The molecule has 0 unspecified atom stereocenters. The third-order valence-corrected chi connectivity index (χ3v) is 7.77. The van der Waals surface area contributed by atoms with E-state index in [-0.39, 0.29) is 0 Å². The summed E-state index contributed by atoms with van der Waals surface area (Å²) in [6.45, 7) is 1.55. The fraction of sp³-hybridized carbons (Fsp3) is 0.0556. The molecule has 8 aromatic rings. The molecule has 8 rings (SSSR count). The van der Waals surface area contributed by atoms with Gasteiger partial charge in [0.1, 0.15) is 33.9 Å². The summed E-state index contributed by atoms with van der Waals surface area (Å²) in [5.74, 6) is 0.667. The summed E-state index contributed by atoms with van der Waals surface area (Å²) >= 11 is 16.7. The Morgan fingerprint density at radius 2 is 1.06 bits per heavy atom. The number of nitrogen functional groups attached to an aromatic ring is 1. The molecule has 0 aliphatic heterocycles. The predicted octanol–water partition coefficient (Wildman–Crippen LogP) is 8.72. The Labute approximate surface area is 297 Å². The zero-order valence-corrected chi connectivity index (χ0v) is 28.2. The fourth-order valence-corrected chi connectivity index (χ4v) is 5.46. The highest BCUT2D eigenvalue weighted by Crippen LogP contribution is 2.20. The van der Waals surface area contributed by atoms with E-state index in [1.807, 2.05) is 79.4 Å². The Kier molecular flexibility index (Phi) is 10.9. The van der Waals surface area contributed by atoms with Crippen molar-refractivity contribution < 1.29 is 0 Å². The van der Waals surface area contributed by atoms with Gasteiger partial charge in [-0.2, -0.15) is 0 Å². The summed E-state index contributed by atoms with van der Waals surface area (Å²) in [4.78, 5) is 24.1. The van der Waals surface area contributed by atoms with E-state index in [1.54, 1.807) is 6.07 Å². The summed E-state index contributed by atoms with van der Waals surface area (Å²) < 4.78 is 4.26. The molecule has 4 aromatic carbocycles. The number of aromatic nitrogens is 8. The number of halogens is 3. The van der Waals surface area contributed by atoms with Crippen molar-refractivity contribution in [2.24, 2.45) is 0 Å². The lowest BCUT2D eigenvalue weighted by atomic mass is 10.2. The van der Waals surface area contributed by atoms with Crippen LogP contribution in [0.25, 0.3) is 22.1 Å². The first-order chi connectivity index (χ1) is 23.9. The summed E-state index contributed by atoms with van der Waals surface area (Å²) in [6, 6.07) is 35.5. The first-order valence-electron chi connectivity index (χ1n) is 15.0. The van der Waals surface area contributed by atoms with E-state index in [0.29, 0.717) is 21.3 Å². The first-order valence-corrected chi connectivity index (χ1v) is 16.1. The summed E-state index contributed by atoms with van der Waals surface area (Å²) in [5, 5.41) is 4.38. The van der Waals surface area contributed by atoms with Crippen molar-refractivity contribution in [3.63, 3.8) is 0 Å². The first kappa shape index (κ1) is 33.4. The van der Waals surface area contributed by atoms with Gasteiger partial charge >= 0.3 is 0 Å². The Morgan fingerprint density at radius 1 is 0.531 bits per heavy atom. The molecule has 0 amide bonds. The molecule has 0 spiro atoms. The number of fused-ring (bicyclic) bond motifs is 2. The van der Waals surface area contributed by atoms with E-state index in [1.165, 1.54) is 29.8 Å². The van der Waals surface area contributed by atoms with Crippen molar-refractivity contribution in [3.8, 4) is 0 Å². The quantitative estimate of drug-likeness (QED) is 0.130. The number of anilines is 3. The van der Waals surface area contributed by atoms with E-state index < -0.39 is 0 Å². The number of nitrogens with two attached hydrogens (primary N) is 1. The molecule has 4 aromatic heterocycles. The maximum atomic E-state index is 5.89. The minimum Gasteiger partial charge on any atom is -0.399 e. The standard InChI is InChI=1S/C18H14ClN5.C14H13N3.C4H2Cl2N2/c19-17-9-18(21-11-20-17)23-14-5-3-4-13(8-14)10-24-12-22-15-6-1-2-7-16(15)24;15-12-5-3-4-11(8-12)9-17-10-16-13-6-1-2-7-14(13)17;5-3-1-4(6)8-2-7-3/h1-9,11-12H,10H2,(H,20,21,23);1-8,10H,9,15H2;1-2H. The second-order valence-corrected chi connectivity index (χ2v) is 11.8. The van der Waals surface area contributed by atoms with Crippen molar-refractivity contribution in [2.45, 2.75) is 13.1 Å². The minimum absolute atomic E-state index is 0.366. The van der Waals surface area contributed by atoms with Gasteiger partial charge in [-0.3, -0.25) is 0 Å². The van der Waals surface area contributed by atoms with Crippen LogP contribution in [0.4, 0.5) is 17.2 Å². The van der Waals surface area contributed by atoms with E-state index >= 15 is 0 Å². The number of rotatable bonds is 6. The van der Waals surface area contributed by atoms with E-state index in [2.05, 4.69) is 74.7 Å². The van der Waals surface area contributed by atoms with Crippen molar-refractivity contribution in [1.29, 1.82) is 0 Å². The molecule has 49 heavy (non-hydrogen) atoms. The van der Waals surface area contributed by atoms with Gasteiger partial charge in [0.25, 0.3) is 0 Å². The zero-order valence-electron chi connectivity index (χ0n) is 25.9. The molecule has 0 bridgehead atoms. The van der Waals surface area contributed by atoms with E-state index in [9.17, 15) is 0 Å². The van der Waals surface area contributed by atoms with Crippen LogP contribution in [-0.4, -0.2) is 39.0 Å². The summed E-state index contributed by atoms with van der Waals surface area (Å²) in [7, 11) is 0. The molecule has 0 radical (unpaired) electrons. The van der Waals surface area contributed by atoms with Crippen molar-refractivity contribution in [2.75, 3.05) is 11.1 Å². The van der Waals surface area contributed by atoms with Gasteiger partial charge in [-0.25, -0.2) is 29.9 Å². The highest BCUT2D eigenvalue weighted by atomic mass is 35.5. The maximum absolute atomic E-state index is 5.89. The largest absolute Gasteiger partial charge is 0.399 e. The van der Waals surface area contributed by atoms with Gasteiger partial charge in [-0.1, -0.05) is 83.3 Å². The average molecular weight is 708 g/mol. The molecular weight excluding hydrogens is 679 g/mol. The van der Waals surface area contributed by atoms with Gasteiger partial charge in [0.05, 0.1) is 34.7 Å². The monoisotopic (exact) mass is 706 g/mol. The molecule has 10 nitrogen and oxygen atoms in total. The second kappa shape index (κ2) is 16.0. The summed E-state index contributed by atoms with van der Waals surface area (Å²) in [6.07, 6.45) is 6.49. The van der Waals surface area contributed by atoms with Gasteiger partial charge < -0.3 is 20.2 Å². The molecule has 0 saturated carbocycles. The molecule has 0 atom stereocenters. The fourth-order valence-electron chi connectivity index (χ4n) is 4.97. The average Bonchev–Trinajstić information content (AvgIpc) is 3.70. The third-order valence-electron chi connectivity index (χ3n) is 7.15. The topological polar surface area (TPSA) is 125 Å². The second-order valence-electron chi connectivity index (χ2n) is 10.7. The third kappa shape index (κ3) is 9.29. The van der Waals surface area contributed by atoms with Gasteiger partial charge in [0, 0.05) is 36.6 Å². The highest BCUT2D eigenvalue weighted by Gasteiger charge is 2.05. The van der Waals surface area contributed by atoms with Crippen LogP contribution >= 0.6 is 34.8 Å². The zero-order chi connectivity index (χ0) is 34.0. The molecule has 13 heteroatoms. The Hall–Kier alpha value is -5.55. The lowest BCUT2D eigenvalue weighted by Crippen LogP contribution is -1.99. The lowest BCUT2D eigenvalue weighted by Gasteiger charge is -2.09. The Balaban J connectivity index is 0.000000144. The molecule has 4 heterocycles. The van der Waals surface area contributed by atoms with Crippen LogP contribution in [0.15, 0.2) is 135 Å². The van der Waals surface area contributed by atoms with E-state index in [4.69, 9.17) is 40.5 Å². The number of nitrogens with one attached hydrogen (secondary N) is 1. The van der Waals surface area contributed by atoms with Crippen LogP contribution in [0.1, 0.15) is 11.1 Å². The maximum Gasteiger partial charge on any atom is 0.135 e. The van der Waals surface area contributed by atoms with Crippen LogP contribution in [-0.2, 0) is 13.1 Å². The van der Waals surface area contributed by atoms with Gasteiger partial charge in [-0.05, 0) is 59.7 Å². The molecule has 0 saturated heterocycles. The lowest BCUT2D eigenvalue weighted by molar-refractivity contribution is 0.825. The molecule has 0 fully saturated rings. The minimum atomic E-state index is 0.366. The highest BCUT2D eigenvalue weighted by molar-refractivity contribution is 6.33. The van der Waals surface area contributed by atoms with Gasteiger partial charge in [-0.15, -0.1) is 0 Å². The molecule has 3 N–H and O–H groups in total. The molecule has 0 aliphatic carbocycles. The summed E-state index contributed by atoms with van der Waals surface area (Å²) in [5.41, 5.74) is 14.2. The van der Waals surface area contributed by atoms with Crippen molar-refractivity contribution in [3.05, 3.63) is 161 Å². The molecule has 244 valence electrons.